The van der Waals surface area contributed by atoms with Crippen LogP contribution in [0.5, 0.6) is 0 Å². The van der Waals surface area contributed by atoms with Crippen molar-refractivity contribution in [3.63, 3.8) is 0 Å². The van der Waals surface area contributed by atoms with Crippen molar-refractivity contribution in [1.29, 1.82) is 0 Å². The normalized spacial score (nSPS) is 17.7. The van der Waals surface area contributed by atoms with Crippen LogP contribution in [0.2, 0.25) is 0 Å². The van der Waals surface area contributed by atoms with E-state index in [9.17, 15) is 4.79 Å². The lowest BCUT2D eigenvalue weighted by molar-refractivity contribution is -0.159. The molecule has 1 aromatic rings. The molecular weight excluding hydrogens is 328 g/mol. The van der Waals surface area contributed by atoms with Crippen molar-refractivity contribution in [1.82, 2.24) is 10.2 Å². The molecule has 8 heteroatoms. The van der Waals surface area contributed by atoms with Crippen molar-refractivity contribution in [2.45, 2.75) is 19.4 Å². The Balaban J connectivity index is 0.000000326. The van der Waals surface area contributed by atoms with Crippen LogP contribution in [0.1, 0.15) is 18.4 Å². The summed E-state index contributed by atoms with van der Waals surface area (Å²) >= 11 is 0. The van der Waals surface area contributed by atoms with Crippen LogP contribution in [-0.4, -0.2) is 59.3 Å². The number of ether oxygens (including phenoxy) is 1. The van der Waals surface area contributed by atoms with Gasteiger partial charge in [0.1, 0.15) is 6.61 Å². The molecule has 3 N–H and O–H groups in total. The van der Waals surface area contributed by atoms with Crippen LogP contribution in [0, 0.1) is 5.41 Å². The first-order chi connectivity index (χ1) is 11.9. The van der Waals surface area contributed by atoms with E-state index in [1.54, 1.807) is 0 Å². The molecule has 1 spiro atoms. The van der Waals surface area contributed by atoms with E-state index in [4.69, 9.17) is 24.5 Å². The van der Waals surface area contributed by atoms with Gasteiger partial charge in [-0.05, 0) is 18.4 Å². The van der Waals surface area contributed by atoms with Gasteiger partial charge in [-0.25, -0.2) is 14.4 Å². The molecule has 0 bridgehead atoms. The van der Waals surface area contributed by atoms with Crippen LogP contribution in [0.4, 0.5) is 4.79 Å². The number of carboxylic acids is 2. The summed E-state index contributed by atoms with van der Waals surface area (Å²) in [5.74, 6) is -3.65. The quantitative estimate of drug-likeness (QED) is 0.685. The maximum atomic E-state index is 12.1. The van der Waals surface area contributed by atoms with Crippen molar-refractivity contribution >= 4 is 18.0 Å². The minimum absolute atomic E-state index is 0.171. The summed E-state index contributed by atoms with van der Waals surface area (Å²) in [5.41, 5.74) is 1.36. The zero-order valence-electron chi connectivity index (χ0n) is 13.8. The summed E-state index contributed by atoms with van der Waals surface area (Å²) in [6, 6.07) is 9.82. The summed E-state index contributed by atoms with van der Waals surface area (Å²) in [6.07, 6.45) is 2.14. The Morgan fingerprint density at radius 3 is 2.28 bits per heavy atom. The molecule has 2 saturated heterocycles. The van der Waals surface area contributed by atoms with Crippen LogP contribution in [-0.2, 0) is 20.9 Å². The summed E-state index contributed by atoms with van der Waals surface area (Å²) in [6.45, 7) is 4.11. The summed E-state index contributed by atoms with van der Waals surface area (Å²) in [7, 11) is 0. The third kappa shape index (κ3) is 5.46. The fourth-order valence-corrected chi connectivity index (χ4v) is 2.94. The van der Waals surface area contributed by atoms with E-state index >= 15 is 0 Å². The van der Waals surface area contributed by atoms with Crippen LogP contribution in [0.3, 0.4) is 0 Å². The SMILES string of the molecule is O=C(O)C(=O)O.O=C(OCc1ccccc1)N1CCCC2(CNC2)C1. The Hall–Kier alpha value is -2.61. The third-order valence-electron chi connectivity index (χ3n) is 4.31. The minimum Gasteiger partial charge on any atom is -0.473 e. The molecule has 1 aromatic carbocycles. The number of nitrogens with zero attached hydrogens (tertiary/aromatic N) is 1. The van der Waals surface area contributed by atoms with Crippen molar-refractivity contribution in [3.8, 4) is 0 Å². The summed E-state index contributed by atoms with van der Waals surface area (Å²) in [5, 5.41) is 18.1. The lowest BCUT2D eigenvalue weighted by Crippen LogP contribution is -2.61. The zero-order chi connectivity index (χ0) is 18.3. The molecule has 1 amide bonds. The molecular formula is C17H22N2O6. The average Bonchev–Trinajstić information content (AvgIpc) is 2.59. The molecule has 0 saturated carbocycles. The molecule has 2 fully saturated rings. The number of carbonyl (C=O) groups excluding carboxylic acids is 1. The number of benzene rings is 1. The fourth-order valence-electron chi connectivity index (χ4n) is 2.94. The van der Waals surface area contributed by atoms with Gasteiger partial charge in [-0.15, -0.1) is 0 Å². The maximum Gasteiger partial charge on any atom is 0.414 e. The third-order valence-corrected chi connectivity index (χ3v) is 4.31. The van der Waals surface area contributed by atoms with Crippen LogP contribution in [0.15, 0.2) is 30.3 Å². The number of carboxylic acid groups (broad SMARTS) is 2. The lowest BCUT2D eigenvalue weighted by atomic mass is 9.75. The molecule has 0 atom stereocenters. The second kappa shape index (κ2) is 8.48. The number of nitrogens with one attached hydrogen (secondary N) is 1. The van der Waals surface area contributed by atoms with Gasteiger partial charge in [0.15, 0.2) is 0 Å². The number of hydrogen-bond donors (Lipinski definition) is 3. The van der Waals surface area contributed by atoms with E-state index in [0.717, 1.165) is 38.2 Å². The lowest BCUT2D eigenvalue weighted by Gasteiger charge is -2.48. The standard InChI is InChI=1S/C15H20N2O2.C2H2O4/c18-14(19-9-13-5-2-1-3-6-13)17-8-4-7-15(12-17)10-16-11-15;3-1(4)2(5)6/h1-3,5-6,16H,4,7-12H2;(H,3,4)(H,5,6). The minimum atomic E-state index is -1.82. The van der Waals surface area contributed by atoms with Crippen LogP contribution in [0.25, 0.3) is 0 Å². The monoisotopic (exact) mass is 350 g/mol. The average molecular weight is 350 g/mol. The van der Waals surface area contributed by atoms with Gasteiger partial charge in [0.05, 0.1) is 0 Å². The highest BCUT2D eigenvalue weighted by atomic mass is 16.6. The highest BCUT2D eigenvalue weighted by Crippen LogP contribution is 2.33. The van der Waals surface area contributed by atoms with Gasteiger partial charge in [0, 0.05) is 31.6 Å². The van der Waals surface area contributed by atoms with Crippen molar-refractivity contribution in [2.24, 2.45) is 5.41 Å². The number of piperidine rings is 1. The highest BCUT2D eigenvalue weighted by Gasteiger charge is 2.42. The van der Waals surface area contributed by atoms with Gasteiger partial charge in [0.25, 0.3) is 0 Å². The second-order valence-electron chi connectivity index (χ2n) is 6.28. The van der Waals surface area contributed by atoms with Crippen molar-refractivity contribution < 1.29 is 29.3 Å². The second-order valence-corrected chi connectivity index (χ2v) is 6.28. The first-order valence-corrected chi connectivity index (χ1v) is 8.04. The largest absolute Gasteiger partial charge is 0.473 e. The summed E-state index contributed by atoms with van der Waals surface area (Å²) in [4.78, 5) is 32.1. The van der Waals surface area contributed by atoms with Gasteiger partial charge in [-0.2, -0.15) is 0 Å². The van der Waals surface area contributed by atoms with Crippen LogP contribution < -0.4 is 5.32 Å². The Morgan fingerprint density at radius 1 is 1.12 bits per heavy atom. The van der Waals surface area contributed by atoms with E-state index in [2.05, 4.69) is 5.32 Å². The molecule has 8 nitrogen and oxygen atoms in total. The molecule has 3 rings (SSSR count). The van der Waals surface area contributed by atoms with E-state index < -0.39 is 11.9 Å². The van der Waals surface area contributed by atoms with Gasteiger partial charge < -0.3 is 25.2 Å². The Labute approximate surface area is 145 Å². The molecule has 0 radical (unpaired) electrons. The van der Waals surface area contributed by atoms with E-state index in [1.165, 1.54) is 6.42 Å². The number of carbonyl (C=O) groups is 3. The van der Waals surface area contributed by atoms with Gasteiger partial charge >= 0.3 is 18.0 Å². The molecule has 2 aliphatic heterocycles. The van der Waals surface area contributed by atoms with E-state index in [0.29, 0.717) is 12.0 Å². The number of hydrogen-bond acceptors (Lipinski definition) is 5. The van der Waals surface area contributed by atoms with E-state index in [-0.39, 0.29) is 6.09 Å². The fraction of sp³-hybridized carbons (Fsp3) is 0.471. The molecule has 2 heterocycles. The smallest absolute Gasteiger partial charge is 0.414 e. The van der Waals surface area contributed by atoms with Gasteiger partial charge in [-0.1, -0.05) is 30.3 Å². The highest BCUT2D eigenvalue weighted by molar-refractivity contribution is 6.27. The van der Waals surface area contributed by atoms with Crippen LogP contribution >= 0.6 is 0 Å². The Morgan fingerprint density at radius 2 is 1.76 bits per heavy atom. The van der Waals surface area contributed by atoms with E-state index in [1.807, 2.05) is 35.2 Å². The predicted molar refractivity (Wildman–Crippen MR) is 88.0 cm³/mol. The topological polar surface area (TPSA) is 116 Å². The van der Waals surface area contributed by atoms with Crippen molar-refractivity contribution in [3.05, 3.63) is 35.9 Å². The van der Waals surface area contributed by atoms with Crippen molar-refractivity contribution in [2.75, 3.05) is 26.2 Å². The van der Waals surface area contributed by atoms with Gasteiger partial charge in [-0.3, -0.25) is 0 Å². The molecule has 0 unspecified atom stereocenters. The molecule has 2 aliphatic rings. The number of likely N-dealkylation sites (tertiary alicyclic amines) is 1. The Kier molecular flexibility index (Phi) is 6.35. The number of rotatable bonds is 2. The first kappa shape index (κ1) is 18.7. The number of amides is 1. The predicted octanol–water partition coefficient (Wildman–Crippen LogP) is 1.16. The van der Waals surface area contributed by atoms with Gasteiger partial charge in [0.2, 0.25) is 0 Å². The first-order valence-electron chi connectivity index (χ1n) is 8.04. The molecule has 136 valence electrons. The molecule has 25 heavy (non-hydrogen) atoms. The molecule has 0 aliphatic carbocycles. The Bertz CT molecular complexity index is 603. The number of aliphatic carboxylic acids is 2. The summed E-state index contributed by atoms with van der Waals surface area (Å²) < 4.78 is 5.40. The molecule has 0 aromatic heterocycles. The zero-order valence-corrected chi connectivity index (χ0v) is 13.8. The maximum absolute atomic E-state index is 12.1.